The number of carboxylic acid groups (broad SMARTS) is 1. The van der Waals surface area contributed by atoms with E-state index in [-0.39, 0.29) is 0 Å². The first-order valence-corrected chi connectivity index (χ1v) is 5.16. The molecule has 5 nitrogen and oxygen atoms in total. The average Bonchev–Trinajstić information content (AvgIpc) is 2.66. The van der Waals surface area contributed by atoms with Crippen molar-refractivity contribution in [3.05, 3.63) is 29.6 Å². The molecule has 5 heteroatoms. The highest BCUT2D eigenvalue weighted by molar-refractivity contribution is 5.83. The molecule has 0 bridgehead atoms. The van der Waals surface area contributed by atoms with Crippen molar-refractivity contribution in [2.45, 2.75) is 19.0 Å². The maximum atomic E-state index is 10.9. The predicted molar refractivity (Wildman–Crippen MR) is 58.1 cm³/mol. The van der Waals surface area contributed by atoms with Crippen LogP contribution in [0, 0.1) is 0 Å². The Morgan fingerprint density at radius 2 is 2.44 bits per heavy atom. The number of fused-ring (bicyclic) bond motifs is 3. The van der Waals surface area contributed by atoms with Crippen molar-refractivity contribution in [2.24, 2.45) is 0 Å². The fourth-order valence-corrected chi connectivity index (χ4v) is 2.19. The summed E-state index contributed by atoms with van der Waals surface area (Å²) in [6.45, 7) is 0.558. The molecule has 82 valence electrons. The number of hydrogen-bond donors (Lipinski definition) is 3. The van der Waals surface area contributed by atoms with E-state index in [1.165, 1.54) is 0 Å². The normalized spacial score (nSPS) is 19.6. The Hall–Kier alpha value is -1.88. The summed E-state index contributed by atoms with van der Waals surface area (Å²) in [5.74, 6) is -0.802. The van der Waals surface area contributed by atoms with Gasteiger partial charge in [0.2, 0.25) is 0 Å². The van der Waals surface area contributed by atoms with Crippen molar-refractivity contribution in [1.82, 2.24) is 15.3 Å². The summed E-state index contributed by atoms with van der Waals surface area (Å²) in [6.07, 6.45) is 2.24. The number of aromatic amines is 1. The number of carbonyl (C=O) groups is 1. The second-order valence-corrected chi connectivity index (χ2v) is 3.96. The van der Waals surface area contributed by atoms with Crippen molar-refractivity contribution in [3.8, 4) is 0 Å². The fourth-order valence-electron chi connectivity index (χ4n) is 2.19. The highest BCUT2D eigenvalue weighted by atomic mass is 16.4. The molecule has 3 heterocycles. The van der Waals surface area contributed by atoms with Crippen molar-refractivity contribution >= 4 is 17.0 Å². The van der Waals surface area contributed by atoms with Crippen LogP contribution in [0.4, 0.5) is 0 Å². The second kappa shape index (κ2) is 3.31. The average molecular weight is 217 g/mol. The molecule has 0 fully saturated rings. The lowest BCUT2D eigenvalue weighted by molar-refractivity contribution is -0.139. The van der Waals surface area contributed by atoms with Gasteiger partial charge >= 0.3 is 5.97 Å². The summed E-state index contributed by atoms with van der Waals surface area (Å²) >= 11 is 0. The molecule has 2 aromatic heterocycles. The van der Waals surface area contributed by atoms with Crippen LogP contribution in [0.2, 0.25) is 0 Å². The zero-order valence-electron chi connectivity index (χ0n) is 8.53. The van der Waals surface area contributed by atoms with Gasteiger partial charge in [0.05, 0.1) is 0 Å². The molecule has 16 heavy (non-hydrogen) atoms. The zero-order chi connectivity index (χ0) is 11.1. The number of nitrogens with one attached hydrogen (secondary N) is 2. The number of carboxylic acids is 1. The molecule has 2 aromatic rings. The Labute approximate surface area is 91.5 Å². The number of H-pyrrole nitrogens is 1. The Morgan fingerprint density at radius 3 is 3.25 bits per heavy atom. The first-order chi connectivity index (χ1) is 7.75. The Bertz CT molecular complexity index is 561. The highest BCUT2D eigenvalue weighted by Crippen LogP contribution is 2.25. The van der Waals surface area contributed by atoms with Gasteiger partial charge in [-0.05, 0) is 17.7 Å². The Morgan fingerprint density at radius 1 is 1.56 bits per heavy atom. The molecule has 0 unspecified atom stereocenters. The van der Waals surface area contributed by atoms with Gasteiger partial charge in [0, 0.05) is 30.2 Å². The third-order valence-corrected chi connectivity index (χ3v) is 3.00. The number of aliphatic carboxylic acids is 1. The first-order valence-electron chi connectivity index (χ1n) is 5.16. The van der Waals surface area contributed by atoms with E-state index in [0.29, 0.717) is 13.0 Å². The van der Waals surface area contributed by atoms with Crippen LogP contribution in [0.5, 0.6) is 0 Å². The molecule has 0 aromatic carbocycles. The third-order valence-electron chi connectivity index (χ3n) is 3.00. The smallest absolute Gasteiger partial charge is 0.321 e. The maximum absolute atomic E-state index is 10.9. The minimum Gasteiger partial charge on any atom is -0.480 e. The largest absolute Gasteiger partial charge is 0.480 e. The Balaban J connectivity index is 2.11. The van der Waals surface area contributed by atoms with E-state index in [1.807, 2.05) is 12.1 Å². The zero-order valence-corrected chi connectivity index (χ0v) is 8.53. The lowest BCUT2D eigenvalue weighted by Crippen LogP contribution is -2.41. The molecule has 1 aliphatic rings. The van der Waals surface area contributed by atoms with Crippen molar-refractivity contribution in [3.63, 3.8) is 0 Å². The van der Waals surface area contributed by atoms with Crippen molar-refractivity contribution < 1.29 is 9.90 Å². The van der Waals surface area contributed by atoms with Crippen LogP contribution in [0.3, 0.4) is 0 Å². The molecular formula is C11H11N3O2. The predicted octanol–water partition coefficient (Wildman–Crippen LogP) is 0.662. The molecule has 0 radical (unpaired) electrons. The molecule has 0 amide bonds. The van der Waals surface area contributed by atoms with Crippen molar-refractivity contribution in [2.75, 3.05) is 0 Å². The standard InChI is InChI=1S/C11H11N3O2/c15-11(16)8-4-7-6-2-1-3-12-10(6)14-9(7)5-13-8/h1-3,8,13H,4-5H2,(H,12,14)(H,15,16)/t8-/m1/s1. The van der Waals surface area contributed by atoms with Crippen LogP contribution in [-0.4, -0.2) is 27.1 Å². The number of hydrogen-bond acceptors (Lipinski definition) is 3. The summed E-state index contributed by atoms with van der Waals surface area (Å²) in [6, 6.07) is 3.35. The van der Waals surface area contributed by atoms with Gasteiger partial charge in [0.15, 0.2) is 0 Å². The SMILES string of the molecule is O=C(O)[C@H]1Cc2c([nH]c3ncccc23)CN1. The van der Waals surface area contributed by atoms with Gasteiger partial charge < -0.3 is 10.1 Å². The first kappa shape index (κ1) is 9.35. The minimum atomic E-state index is -0.802. The molecule has 0 aliphatic carbocycles. The van der Waals surface area contributed by atoms with Gasteiger partial charge in [-0.3, -0.25) is 10.1 Å². The van der Waals surface area contributed by atoms with E-state index in [1.54, 1.807) is 6.20 Å². The lowest BCUT2D eigenvalue weighted by atomic mass is 9.99. The van der Waals surface area contributed by atoms with E-state index in [9.17, 15) is 4.79 Å². The number of nitrogens with zero attached hydrogens (tertiary/aromatic N) is 1. The molecule has 1 atom stereocenters. The van der Waals surface area contributed by atoms with Gasteiger partial charge in [0.25, 0.3) is 0 Å². The van der Waals surface area contributed by atoms with Gasteiger partial charge in [-0.1, -0.05) is 0 Å². The van der Waals surface area contributed by atoms with Crippen LogP contribution < -0.4 is 5.32 Å². The van der Waals surface area contributed by atoms with Gasteiger partial charge in [-0.2, -0.15) is 0 Å². The fraction of sp³-hybridized carbons (Fsp3) is 0.273. The molecule has 0 spiro atoms. The van der Waals surface area contributed by atoms with E-state index in [4.69, 9.17) is 5.11 Å². The summed E-state index contributed by atoms with van der Waals surface area (Å²) in [7, 11) is 0. The Kier molecular flexibility index (Phi) is 1.94. The van der Waals surface area contributed by atoms with E-state index < -0.39 is 12.0 Å². The third kappa shape index (κ3) is 1.29. The molecular weight excluding hydrogens is 206 g/mol. The lowest BCUT2D eigenvalue weighted by Gasteiger charge is -2.20. The van der Waals surface area contributed by atoms with E-state index in [2.05, 4.69) is 15.3 Å². The molecule has 3 rings (SSSR count). The summed E-state index contributed by atoms with van der Waals surface area (Å²) in [5.41, 5.74) is 2.96. The van der Waals surface area contributed by atoms with Crippen LogP contribution in [0.15, 0.2) is 18.3 Å². The van der Waals surface area contributed by atoms with Crippen molar-refractivity contribution in [1.29, 1.82) is 0 Å². The quantitative estimate of drug-likeness (QED) is 0.655. The van der Waals surface area contributed by atoms with E-state index in [0.717, 1.165) is 22.3 Å². The molecule has 3 N–H and O–H groups in total. The number of rotatable bonds is 1. The monoisotopic (exact) mass is 217 g/mol. The van der Waals surface area contributed by atoms with Gasteiger partial charge in [-0.25, -0.2) is 4.98 Å². The van der Waals surface area contributed by atoms with E-state index >= 15 is 0 Å². The topological polar surface area (TPSA) is 78.0 Å². The highest BCUT2D eigenvalue weighted by Gasteiger charge is 2.26. The van der Waals surface area contributed by atoms with Crippen LogP contribution >= 0.6 is 0 Å². The van der Waals surface area contributed by atoms with Crippen LogP contribution in [0.1, 0.15) is 11.3 Å². The van der Waals surface area contributed by atoms with Crippen LogP contribution in [0.25, 0.3) is 11.0 Å². The summed E-state index contributed by atoms with van der Waals surface area (Å²) in [4.78, 5) is 18.4. The van der Waals surface area contributed by atoms with Gasteiger partial charge in [-0.15, -0.1) is 0 Å². The van der Waals surface area contributed by atoms with Crippen LogP contribution in [-0.2, 0) is 17.8 Å². The maximum Gasteiger partial charge on any atom is 0.321 e. The molecule has 1 aliphatic heterocycles. The summed E-state index contributed by atoms with van der Waals surface area (Å²) < 4.78 is 0. The minimum absolute atomic E-state index is 0.494. The second-order valence-electron chi connectivity index (χ2n) is 3.96. The van der Waals surface area contributed by atoms with Gasteiger partial charge in [0.1, 0.15) is 11.7 Å². The molecule has 0 saturated heterocycles. The number of aromatic nitrogens is 2. The number of pyridine rings is 1. The summed E-state index contributed by atoms with van der Waals surface area (Å²) in [5, 5.41) is 13.0. The molecule has 0 saturated carbocycles.